The molecule has 36 heavy (non-hydrogen) atoms. The first-order chi connectivity index (χ1) is 14.5. The van der Waals surface area contributed by atoms with E-state index in [-0.39, 0.29) is 87.4 Å². The molecule has 0 saturated carbocycles. The molecule has 1 saturated heterocycles. The summed E-state index contributed by atoms with van der Waals surface area (Å²) in [6.07, 6.45) is -1.15. The maximum absolute atomic E-state index is 12.1. The topological polar surface area (TPSA) is 281 Å². The molecule has 1 fully saturated rings. The fourth-order valence-electron chi connectivity index (χ4n) is 2.66. The molecular weight excluding hydrogens is 531 g/mol. The third-order valence-corrected chi connectivity index (χ3v) is 7.54. The molecular formula is C12H16Li4N3O14P3. The van der Waals surface area contributed by atoms with Gasteiger partial charge in [-0.3, -0.25) is 33.5 Å². The Morgan fingerprint density at radius 3 is 2.22 bits per heavy atom. The van der Waals surface area contributed by atoms with Crippen molar-refractivity contribution < 1.29 is 132 Å². The molecule has 0 amide bonds. The van der Waals surface area contributed by atoms with E-state index < -0.39 is 65.8 Å². The Hall–Kier alpha value is 1.10. The summed E-state index contributed by atoms with van der Waals surface area (Å²) < 4.78 is 49.7. The number of hydrogen-bond acceptors (Lipinski definition) is 15. The number of H-pyrrole nitrogens is 1. The minimum Gasteiger partial charge on any atom is -0.790 e. The second kappa shape index (κ2) is 15.8. The van der Waals surface area contributed by atoms with Gasteiger partial charge in [-0.1, -0.05) is 6.08 Å². The van der Waals surface area contributed by atoms with Crippen molar-refractivity contribution in [2.75, 3.05) is 6.61 Å². The van der Waals surface area contributed by atoms with E-state index in [2.05, 4.69) is 19.7 Å². The molecule has 5 atom stereocenters. The average Bonchev–Trinajstić information content (AvgIpc) is 2.87. The Kier molecular flexibility index (Phi) is 18.2. The fraction of sp³-hybridized carbons (Fsp3) is 0.500. The van der Waals surface area contributed by atoms with Crippen molar-refractivity contribution in [2.45, 2.75) is 30.9 Å². The number of nitrogens with zero attached hydrogens (tertiary/aromatic N) is 1. The van der Waals surface area contributed by atoms with Crippen molar-refractivity contribution in [1.82, 2.24) is 9.55 Å². The number of allylic oxidation sites excluding steroid dienone is 1. The zero-order valence-corrected chi connectivity index (χ0v) is 22.4. The molecule has 24 heteroatoms. The number of phosphoric acid groups is 3. The minimum atomic E-state index is -6.16. The maximum Gasteiger partial charge on any atom is 1.00 e. The van der Waals surface area contributed by atoms with Crippen LogP contribution >= 0.6 is 23.5 Å². The molecule has 1 aromatic heterocycles. The van der Waals surface area contributed by atoms with Crippen LogP contribution in [0.25, 0.3) is 0 Å². The van der Waals surface area contributed by atoms with Crippen LogP contribution in [0.15, 0.2) is 28.4 Å². The average molecular weight is 547 g/mol. The number of rotatable bonds is 10. The fourth-order valence-corrected chi connectivity index (χ4v) is 5.53. The molecule has 2 unspecified atom stereocenters. The Bertz CT molecular complexity index is 1140. The molecule has 0 aliphatic carbocycles. The number of aliphatic hydroxyl groups is 1. The van der Waals surface area contributed by atoms with Gasteiger partial charge in [-0.2, -0.15) is 0 Å². The minimum absolute atomic E-state index is 0. The predicted octanol–water partition coefficient (Wildman–Crippen LogP) is -16.2. The Labute approximate surface area is 251 Å². The Balaban J connectivity index is -0.00000272. The van der Waals surface area contributed by atoms with E-state index in [1.807, 2.05) is 4.98 Å². The first-order valence-corrected chi connectivity index (χ1v) is 12.7. The van der Waals surface area contributed by atoms with Gasteiger partial charge in [0, 0.05) is 18.2 Å². The van der Waals surface area contributed by atoms with Gasteiger partial charge < -0.3 is 38.5 Å². The van der Waals surface area contributed by atoms with Crippen LogP contribution in [0.5, 0.6) is 0 Å². The van der Waals surface area contributed by atoms with E-state index in [9.17, 15) is 48.0 Å². The molecule has 0 aromatic carbocycles. The summed E-state index contributed by atoms with van der Waals surface area (Å²) in [6, 6.07) is 0. The third-order valence-electron chi connectivity index (χ3n) is 3.87. The Morgan fingerprint density at radius 2 is 1.72 bits per heavy atom. The molecule has 2 rings (SSSR count). The predicted molar refractivity (Wildman–Crippen MR) is 93.8 cm³/mol. The standard InChI is InChI=1S/C12H20N3O14P3.4Li/c1-2-3-7-5-15(11(18)14-10(7)17)12(13)4-8(16)9(27-12)6-26-31(22,23)29-32(24,25)28-30(19,20)21;;;;/h2,5,8-9,16H,1,3-4,6,13H2,(H,22,23)(H,24,25)(H,14,17,18)(H2,19,20,21);;;;/q;4*+1/p-4/t8-,9+,12-;;;;/m0..../s1. The monoisotopic (exact) mass is 547 g/mol. The molecule has 4 N–H and O–H groups in total. The SMILES string of the molecule is C=CCc1cn([C@@]2(N)C[C@H](O)[C@@H](COP(=O)([O-])OP(=O)([O-])OP(=O)([O-])[O-])O2)c(=O)[nH]c1=O.[Li+].[Li+].[Li+].[Li+]. The summed E-state index contributed by atoms with van der Waals surface area (Å²) in [5.41, 5.74) is 4.31. The van der Waals surface area contributed by atoms with Gasteiger partial charge in [0.1, 0.15) is 6.10 Å². The Morgan fingerprint density at radius 1 is 1.17 bits per heavy atom. The summed E-state index contributed by atoms with van der Waals surface area (Å²) in [5.74, 6) is -2.08. The van der Waals surface area contributed by atoms with E-state index in [1.165, 1.54) is 6.08 Å². The largest absolute Gasteiger partial charge is 1.00 e. The quantitative estimate of drug-likeness (QED) is 0.139. The maximum atomic E-state index is 12.1. The van der Waals surface area contributed by atoms with Crippen molar-refractivity contribution >= 4 is 23.5 Å². The second-order valence-corrected chi connectivity index (χ2v) is 10.6. The van der Waals surface area contributed by atoms with E-state index in [1.54, 1.807) is 0 Å². The van der Waals surface area contributed by atoms with Gasteiger partial charge in [-0.15, -0.1) is 6.58 Å². The van der Waals surface area contributed by atoms with Gasteiger partial charge in [0.2, 0.25) is 5.85 Å². The second-order valence-electron chi connectivity index (χ2n) is 6.35. The number of hydrogen-bond donors (Lipinski definition) is 3. The smallest absolute Gasteiger partial charge is 0.790 e. The summed E-state index contributed by atoms with van der Waals surface area (Å²) in [5, 5.41) is 10.1. The van der Waals surface area contributed by atoms with Crippen LogP contribution in [-0.4, -0.2) is 33.5 Å². The van der Waals surface area contributed by atoms with Crippen LogP contribution in [0.4, 0.5) is 0 Å². The number of aliphatic hydroxyl groups excluding tert-OH is 1. The normalized spacial score (nSPS) is 24.5. The molecule has 182 valence electrons. The molecule has 17 nitrogen and oxygen atoms in total. The van der Waals surface area contributed by atoms with Crippen LogP contribution in [-0.2, 0) is 43.8 Å². The number of nitrogens with two attached hydrogens (primary N) is 1. The van der Waals surface area contributed by atoms with Crippen molar-refractivity contribution in [3.8, 4) is 0 Å². The van der Waals surface area contributed by atoms with Crippen molar-refractivity contribution in [3.63, 3.8) is 0 Å². The van der Waals surface area contributed by atoms with Crippen molar-refractivity contribution in [2.24, 2.45) is 5.73 Å². The van der Waals surface area contributed by atoms with Gasteiger partial charge in [-0.05, 0) is 6.42 Å². The van der Waals surface area contributed by atoms with Crippen LogP contribution in [0.1, 0.15) is 12.0 Å². The van der Waals surface area contributed by atoms with E-state index >= 15 is 0 Å². The van der Waals surface area contributed by atoms with Crippen LogP contribution < -0.4 is 112 Å². The third kappa shape index (κ3) is 12.1. The molecule has 1 aromatic rings. The number of ether oxygens (including phenoxy) is 1. The van der Waals surface area contributed by atoms with E-state index in [0.29, 0.717) is 0 Å². The molecule has 2 heterocycles. The number of nitrogens with one attached hydrogen (secondary N) is 1. The molecule has 1 aliphatic heterocycles. The van der Waals surface area contributed by atoms with Gasteiger partial charge >= 0.3 is 81.1 Å². The summed E-state index contributed by atoms with van der Waals surface area (Å²) in [4.78, 5) is 69.3. The zero-order valence-electron chi connectivity index (χ0n) is 19.8. The number of aromatic amines is 1. The first kappa shape index (κ1) is 41.6. The molecule has 0 radical (unpaired) electrons. The summed E-state index contributed by atoms with van der Waals surface area (Å²) >= 11 is 0. The van der Waals surface area contributed by atoms with Gasteiger partial charge in [-0.25, -0.2) is 9.11 Å². The van der Waals surface area contributed by atoms with Crippen LogP contribution in [0, 0.1) is 0 Å². The van der Waals surface area contributed by atoms with Gasteiger partial charge in [0.25, 0.3) is 21.2 Å². The van der Waals surface area contributed by atoms with Gasteiger partial charge in [0.15, 0.2) is 0 Å². The number of aromatic nitrogens is 2. The van der Waals surface area contributed by atoms with Crippen LogP contribution in [0.2, 0.25) is 0 Å². The van der Waals surface area contributed by atoms with E-state index in [0.717, 1.165) is 10.8 Å². The summed E-state index contributed by atoms with van der Waals surface area (Å²) in [7, 11) is -18.2. The number of phosphoric ester groups is 1. The zero-order chi connectivity index (χ0) is 24.5. The summed E-state index contributed by atoms with van der Waals surface area (Å²) in [6.45, 7) is 2.35. The molecule has 0 bridgehead atoms. The molecule has 1 aliphatic rings. The molecule has 0 spiro atoms. The van der Waals surface area contributed by atoms with Gasteiger partial charge in [0.05, 0.1) is 20.5 Å². The van der Waals surface area contributed by atoms with Crippen molar-refractivity contribution in [3.05, 3.63) is 45.3 Å². The van der Waals surface area contributed by atoms with E-state index in [4.69, 9.17) is 10.5 Å². The van der Waals surface area contributed by atoms with Crippen molar-refractivity contribution in [1.29, 1.82) is 0 Å². The first-order valence-electron chi connectivity index (χ1n) is 8.29. The van der Waals surface area contributed by atoms with Crippen LogP contribution in [0.3, 0.4) is 0 Å².